The van der Waals surface area contributed by atoms with Crippen LogP contribution in [0.1, 0.15) is 19.6 Å². The van der Waals surface area contributed by atoms with E-state index in [1.54, 1.807) is 32.2 Å². The molecular weight excluding hydrogens is 168 g/mol. The molecule has 0 saturated heterocycles. The van der Waals surface area contributed by atoms with Gasteiger partial charge in [0.1, 0.15) is 11.4 Å². The molecule has 0 N–H and O–H groups in total. The van der Waals surface area contributed by atoms with Crippen LogP contribution < -0.4 is 0 Å². The maximum Gasteiger partial charge on any atom is 0.171 e. The molecule has 1 heterocycles. The number of hydrogen-bond donors (Lipinski definition) is 0. The fraction of sp³-hybridized carbons (Fsp3) is 0.500. The Morgan fingerprint density at radius 1 is 1.62 bits per heavy atom. The number of carbonyl (C=O) groups excluding carboxylic acids is 1. The van der Waals surface area contributed by atoms with Crippen LogP contribution in [-0.2, 0) is 16.0 Å². The fourth-order valence-electron chi connectivity index (χ4n) is 0.898. The number of hydrogen-bond acceptors (Lipinski definition) is 3. The van der Waals surface area contributed by atoms with E-state index in [0.717, 1.165) is 0 Å². The second kappa shape index (κ2) is 3.75. The molecule has 1 aromatic heterocycles. The van der Waals surface area contributed by atoms with Crippen molar-refractivity contribution in [2.24, 2.45) is 0 Å². The highest BCUT2D eigenvalue weighted by Crippen LogP contribution is 2.13. The van der Waals surface area contributed by atoms with Crippen molar-refractivity contribution in [2.75, 3.05) is 7.11 Å². The summed E-state index contributed by atoms with van der Waals surface area (Å²) in [5.41, 5.74) is -0.729. The third-order valence-corrected chi connectivity index (χ3v) is 2.10. The van der Waals surface area contributed by atoms with Gasteiger partial charge in [-0.1, -0.05) is 0 Å². The Balaban J connectivity index is 2.61. The first kappa shape index (κ1) is 9.99. The van der Waals surface area contributed by atoms with E-state index in [1.807, 2.05) is 0 Å². The predicted molar refractivity (Wildman–Crippen MR) is 48.5 cm³/mol. The van der Waals surface area contributed by atoms with Crippen LogP contribution in [0.3, 0.4) is 0 Å². The second-order valence-corrected chi connectivity index (χ2v) is 3.39. The van der Waals surface area contributed by atoms with Crippen molar-refractivity contribution < 1.29 is 13.9 Å². The topological polar surface area (TPSA) is 39.4 Å². The number of furan rings is 1. The van der Waals surface area contributed by atoms with Gasteiger partial charge in [-0.25, -0.2) is 0 Å². The largest absolute Gasteiger partial charge is 0.469 e. The Morgan fingerprint density at radius 3 is 2.77 bits per heavy atom. The third-order valence-electron chi connectivity index (χ3n) is 2.10. The van der Waals surface area contributed by atoms with Crippen LogP contribution in [-0.4, -0.2) is 18.5 Å². The highest BCUT2D eigenvalue weighted by molar-refractivity contribution is 5.87. The van der Waals surface area contributed by atoms with Gasteiger partial charge in [-0.05, 0) is 26.0 Å². The summed E-state index contributed by atoms with van der Waals surface area (Å²) in [7, 11) is 1.53. The molecule has 3 heteroatoms. The van der Waals surface area contributed by atoms with Gasteiger partial charge in [-0.15, -0.1) is 0 Å². The van der Waals surface area contributed by atoms with Gasteiger partial charge < -0.3 is 9.15 Å². The van der Waals surface area contributed by atoms with Gasteiger partial charge >= 0.3 is 0 Å². The van der Waals surface area contributed by atoms with E-state index in [0.29, 0.717) is 5.76 Å². The lowest BCUT2D eigenvalue weighted by Gasteiger charge is -2.20. The Bertz CT molecular complexity index is 272. The minimum atomic E-state index is -0.729. The van der Waals surface area contributed by atoms with Crippen LogP contribution in [0.25, 0.3) is 0 Å². The van der Waals surface area contributed by atoms with E-state index in [9.17, 15) is 4.79 Å². The molecule has 0 aliphatic rings. The molecule has 1 aromatic rings. The smallest absolute Gasteiger partial charge is 0.171 e. The molecule has 0 unspecified atom stereocenters. The Morgan fingerprint density at radius 2 is 2.31 bits per heavy atom. The summed E-state index contributed by atoms with van der Waals surface area (Å²) < 4.78 is 10.1. The van der Waals surface area contributed by atoms with Crippen molar-refractivity contribution in [3.63, 3.8) is 0 Å². The average molecular weight is 182 g/mol. The molecule has 0 saturated carbocycles. The number of methoxy groups -OCH3 is 1. The second-order valence-electron chi connectivity index (χ2n) is 3.39. The van der Waals surface area contributed by atoms with Crippen molar-refractivity contribution in [3.05, 3.63) is 24.2 Å². The van der Waals surface area contributed by atoms with Gasteiger partial charge in [0, 0.05) is 7.11 Å². The van der Waals surface area contributed by atoms with Crippen molar-refractivity contribution in [3.8, 4) is 0 Å². The van der Waals surface area contributed by atoms with Gasteiger partial charge in [-0.3, -0.25) is 4.79 Å². The first-order valence-electron chi connectivity index (χ1n) is 4.17. The molecule has 72 valence electrons. The van der Waals surface area contributed by atoms with E-state index >= 15 is 0 Å². The van der Waals surface area contributed by atoms with Gasteiger partial charge in [0.05, 0.1) is 12.7 Å². The van der Waals surface area contributed by atoms with Gasteiger partial charge in [-0.2, -0.15) is 0 Å². The lowest BCUT2D eigenvalue weighted by molar-refractivity contribution is -0.136. The molecule has 1 rings (SSSR count). The van der Waals surface area contributed by atoms with Gasteiger partial charge in [0.25, 0.3) is 0 Å². The number of Topliss-reactive ketones (excluding diaryl/α,β-unsaturated/α-hetero) is 1. The summed E-state index contributed by atoms with van der Waals surface area (Å²) in [6.45, 7) is 3.50. The summed E-state index contributed by atoms with van der Waals surface area (Å²) in [6.07, 6.45) is 1.84. The molecule has 0 aromatic carbocycles. The number of rotatable bonds is 4. The maximum absolute atomic E-state index is 11.6. The molecule has 3 nitrogen and oxygen atoms in total. The zero-order valence-electron chi connectivity index (χ0n) is 8.16. The van der Waals surface area contributed by atoms with Crippen molar-refractivity contribution in [2.45, 2.75) is 25.9 Å². The summed E-state index contributed by atoms with van der Waals surface area (Å²) in [5, 5.41) is 0. The van der Waals surface area contributed by atoms with Gasteiger partial charge in [0.15, 0.2) is 5.78 Å². The predicted octanol–water partition coefficient (Wildman–Crippen LogP) is 1.82. The van der Waals surface area contributed by atoms with Crippen molar-refractivity contribution >= 4 is 5.78 Å². The number of ether oxygens (including phenoxy) is 1. The minimum Gasteiger partial charge on any atom is -0.469 e. The van der Waals surface area contributed by atoms with E-state index in [-0.39, 0.29) is 12.2 Å². The Labute approximate surface area is 77.7 Å². The van der Waals surface area contributed by atoms with E-state index in [1.165, 1.54) is 7.11 Å². The van der Waals surface area contributed by atoms with Crippen LogP contribution in [0.15, 0.2) is 22.8 Å². The first-order chi connectivity index (χ1) is 6.06. The van der Waals surface area contributed by atoms with E-state index < -0.39 is 5.60 Å². The van der Waals surface area contributed by atoms with Crippen LogP contribution in [0, 0.1) is 0 Å². The SMILES string of the molecule is COC(C)(C)C(=O)Cc1ccco1. The summed E-state index contributed by atoms with van der Waals surface area (Å²) in [4.78, 5) is 11.6. The molecule has 13 heavy (non-hydrogen) atoms. The van der Waals surface area contributed by atoms with E-state index in [2.05, 4.69) is 0 Å². The van der Waals surface area contributed by atoms with Crippen LogP contribution in [0.4, 0.5) is 0 Å². The molecule has 0 fully saturated rings. The van der Waals surface area contributed by atoms with Crippen LogP contribution >= 0.6 is 0 Å². The zero-order valence-corrected chi connectivity index (χ0v) is 8.16. The lowest BCUT2D eigenvalue weighted by Crippen LogP contribution is -2.34. The number of carbonyl (C=O) groups is 1. The lowest BCUT2D eigenvalue weighted by atomic mass is 10.00. The zero-order chi connectivity index (χ0) is 9.90. The molecule has 0 amide bonds. The van der Waals surface area contributed by atoms with Crippen molar-refractivity contribution in [1.82, 2.24) is 0 Å². The Kier molecular flexibility index (Phi) is 2.88. The monoisotopic (exact) mass is 182 g/mol. The fourth-order valence-corrected chi connectivity index (χ4v) is 0.898. The molecule has 0 radical (unpaired) electrons. The standard InChI is InChI=1S/C10H14O3/c1-10(2,12-3)9(11)7-8-5-4-6-13-8/h4-6H,7H2,1-3H3. The quantitative estimate of drug-likeness (QED) is 0.713. The molecule has 0 aliphatic carbocycles. The Hall–Kier alpha value is -1.09. The van der Waals surface area contributed by atoms with Gasteiger partial charge in [0.2, 0.25) is 0 Å². The molecule has 0 atom stereocenters. The molecular formula is C10H14O3. The third kappa shape index (κ3) is 2.42. The highest BCUT2D eigenvalue weighted by atomic mass is 16.5. The van der Waals surface area contributed by atoms with Crippen LogP contribution in [0.5, 0.6) is 0 Å². The molecule has 0 aliphatic heterocycles. The normalized spacial score (nSPS) is 11.6. The van der Waals surface area contributed by atoms with E-state index in [4.69, 9.17) is 9.15 Å². The average Bonchev–Trinajstić information content (AvgIpc) is 2.57. The number of ketones is 1. The van der Waals surface area contributed by atoms with Crippen LogP contribution in [0.2, 0.25) is 0 Å². The minimum absolute atomic E-state index is 0.0185. The summed E-state index contributed by atoms with van der Waals surface area (Å²) >= 11 is 0. The van der Waals surface area contributed by atoms with Crippen molar-refractivity contribution in [1.29, 1.82) is 0 Å². The molecule has 0 spiro atoms. The highest BCUT2D eigenvalue weighted by Gasteiger charge is 2.27. The molecule has 0 bridgehead atoms. The first-order valence-corrected chi connectivity index (χ1v) is 4.17. The summed E-state index contributed by atoms with van der Waals surface area (Å²) in [6, 6.07) is 3.55. The maximum atomic E-state index is 11.6. The summed E-state index contributed by atoms with van der Waals surface area (Å²) in [5.74, 6) is 0.695.